The highest BCUT2D eigenvalue weighted by Gasteiger charge is 2.25. The fraction of sp³-hybridized carbons (Fsp3) is 0.438. The number of furan rings is 1. The lowest BCUT2D eigenvalue weighted by Crippen LogP contribution is -2.19. The van der Waals surface area contributed by atoms with Crippen molar-refractivity contribution in [3.05, 3.63) is 35.9 Å². The number of rotatable bonds is 4. The van der Waals surface area contributed by atoms with Gasteiger partial charge < -0.3 is 19.4 Å². The molecule has 2 heterocycles. The quantitative estimate of drug-likeness (QED) is 0.935. The standard InChI is InChI=1S/C16H21N3O2/c1-19(2)13-7-9-17-16(20-3)15(13)18-12-5-4-6-14-11(12)8-10-21-14/h7-10,12,18H,4-6H2,1-3H3. The van der Waals surface area contributed by atoms with Gasteiger partial charge in [0, 0.05) is 32.3 Å². The molecule has 0 amide bonds. The molecule has 0 saturated carbocycles. The van der Waals surface area contributed by atoms with Crippen LogP contribution >= 0.6 is 0 Å². The summed E-state index contributed by atoms with van der Waals surface area (Å²) < 4.78 is 11.0. The van der Waals surface area contributed by atoms with Crippen LogP contribution in [0.1, 0.15) is 30.2 Å². The van der Waals surface area contributed by atoms with E-state index in [9.17, 15) is 0 Å². The molecule has 3 rings (SSSR count). The molecule has 1 atom stereocenters. The summed E-state index contributed by atoms with van der Waals surface area (Å²) in [6, 6.07) is 4.29. The smallest absolute Gasteiger partial charge is 0.239 e. The Kier molecular flexibility index (Phi) is 3.73. The van der Waals surface area contributed by atoms with E-state index >= 15 is 0 Å². The second-order valence-electron chi connectivity index (χ2n) is 5.50. The van der Waals surface area contributed by atoms with Gasteiger partial charge in [0.15, 0.2) is 0 Å². The highest BCUT2D eigenvalue weighted by Crippen LogP contribution is 2.39. The van der Waals surface area contributed by atoms with Gasteiger partial charge in [0.25, 0.3) is 0 Å². The van der Waals surface area contributed by atoms with Gasteiger partial charge in [0.1, 0.15) is 11.4 Å². The number of ether oxygens (including phenoxy) is 1. The molecule has 1 aliphatic carbocycles. The third-order valence-corrected chi connectivity index (χ3v) is 3.94. The number of hydrogen-bond donors (Lipinski definition) is 1. The zero-order valence-corrected chi connectivity index (χ0v) is 12.7. The summed E-state index contributed by atoms with van der Waals surface area (Å²) in [5, 5.41) is 3.60. The molecule has 0 radical (unpaired) electrons. The van der Waals surface area contributed by atoms with Gasteiger partial charge in [-0.3, -0.25) is 0 Å². The normalized spacial score (nSPS) is 17.2. The molecule has 112 valence electrons. The molecule has 2 aromatic heterocycles. The molecule has 0 fully saturated rings. The van der Waals surface area contributed by atoms with Gasteiger partial charge in [0.05, 0.1) is 25.1 Å². The van der Waals surface area contributed by atoms with E-state index in [4.69, 9.17) is 9.15 Å². The van der Waals surface area contributed by atoms with Crippen LogP contribution in [-0.2, 0) is 6.42 Å². The van der Waals surface area contributed by atoms with Crippen LogP contribution < -0.4 is 15.0 Å². The summed E-state index contributed by atoms with van der Waals surface area (Å²) in [5.41, 5.74) is 3.25. The number of aryl methyl sites for hydroxylation is 1. The number of aromatic nitrogens is 1. The maximum Gasteiger partial charge on any atom is 0.239 e. The van der Waals surface area contributed by atoms with Crippen molar-refractivity contribution in [2.75, 3.05) is 31.4 Å². The van der Waals surface area contributed by atoms with Crippen molar-refractivity contribution in [3.63, 3.8) is 0 Å². The Labute approximate surface area is 124 Å². The second-order valence-corrected chi connectivity index (χ2v) is 5.50. The lowest BCUT2D eigenvalue weighted by molar-refractivity contribution is 0.398. The number of nitrogens with zero attached hydrogens (tertiary/aromatic N) is 2. The van der Waals surface area contributed by atoms with Crippen LogP contribution in [0, 0.1) is 0 Å². The summed E-state index contributed by atoms with van der Waals surface area (Å²) >= 11 is 0. The van der Waals surface area contributed by atoms with E-state index in [-0.39, 0.29) is 6.04 Å². The fourth-order valence-electron chi connectivity index (χ4n) is 2.91. The SMILES string of the molecule is COc1nccc(N(C)C)c1NC1CCCc2occc21. The van der Waals surface area contributed by atoms with Crippen molar-refractivity contribution in [1.29, 1.82) is 0 Å². The van der Waals surface area contributed by atoms with Crippen LogP contribution in [0.2, 0.25) is 0 Å². The molecule has 1 N–H and O–H groups in total. The van der Waals surface area contributed by atoms with Crippen LogP contribution in [0.4, 0.5) is 11.4 Å². The molecule has 0 bridgehead atoms. The van der Waals surface area contributed by atoms with Crippen LogP contribution in [0.15, 0.2) is 29.0 Å². The lowest BCUT2D eigenvalue weighted by atomic mass is 9.93. The van der Waals surface area contributed by atoms with Crippen molar-refractivity contribution >= 4 is 11.4 Å². The highest BCUT2D eigenvalue weighted by molar-refractivity contribution is 5.74. The van der Waals surface area contributed by atoms with Crippen LogP contribution in [-0.4, -0.2) is 26.2 Å². The van der Waals surface area contributed by atoms with Crippen molar-refractivity contribution in [2.45, 2.75) is 25.3 Å². The summed E-state index contributed by atoms with van der Waals surface area (Å²) in [7, 11) is 5.69. The number of nitrogens with one attached hydrogen (secondary N) is 1. The molecule has 0 saturated heterocycles. The number of methoxy groups -OCH3 is 1. The number of hydrogen-bond acceptors (Lipinski definition) is 5. The van der Waals surface area contributed by atoms with Gasteiger partial charge in [-0.05, 0) is 25.0 Å². The molecular weight excluding hydrogens is 266 g/mol. The molecule has 1 aliphatic rings. The highest BCUT2D eigenvalue weighted by atomic mass is 16.5. The minimum absolute atomic E-state index is 0.240. The predicted molar refractivity (Wildman–Crippen MR) is 83.1 cm³/mol. The van der Waals surface area contributed by atoms with Gasteiger partial charge in [0.2, 0.25) is 5.88 Å². The molecule has 0 spiro atoms. The van der Waals surface area contributed by atoms with Gasteiger partial charge >= 0.3 is 0 Å². The van der Waals surface area contributed by atoms with E-state index < -0.39 is 0 Å². The first-order chi connectivity index (χ1) is 10.2. The molecule has 5 nitrogen and oxygen atoms in total. The summed E-state index contributed by atoms with van der Waals surface area (Å²) in [6.07, 6.45) is 6.77. The molecule has 1 unspecified atom stereocenters. The van der Waals surface area contributed by atoms with Gasteiger partial charge in [-0.15, -0.1) is 0 Å². The monoisotopic (exact) mass is 287 g/mol. The summed E-state index contributed by atoms with van der Waals surface area (Å²) in [4.78, 5) is 6.38. The zero-order chi connectivity index (χ0) is 14.8. The van der Waals surface area contributed by atoms with E-state index in [1.165, 1.54) is 5.56 Å². The molecule has 5 heteroatoms. The third kappa shape index (κ3) is 2.55. The van der Waals surface area contributed by atoms with Crippen LogP contribution in [0.5, 0.6) is 5.88 Å². The van der Waals surface area contributed by atoms with Crippen molar-refractivity contribution < 1.29 is 9.15 Å². The maximum absolute atomic E-state index is 5.56. The first kappa shape index (κ1) is 13.8. The first-order valence-corrected chi connectivity index (χ1v) is 7.24. The van der Waals surface area contributed by atoms with E-state index in [1.807, 2.05) is 20.2 Å². The van der Waals surface area contributed by atoms with Crippen molar-refractivity contribution in [2.24, 2.45) is 0 Å². The number of pyridine rings is 1. The Hall–Kier alpha value is -2.17. The van der Waals surface area contributed by atoms with Gasteiger partial charge in [-0.1, -0.05) is 0 Å². The third-order valence-electron chi connectivity index (χ3n) is 3.94. The summed E-state index contributed by atoms with van der Waals surface area (Å²) in [5.74, 6) is 1.71. The number of fused-ring (bicyclic) bond motifs is 1. The first-order valence-electron chi connectivity index (χ1n) is 7.24. The fourth-order valence-corrected chi connectivity index (χ4v) is 2.91. The minimum atomic E-state index is 0.240. The average molecular weight is 287 g/mol. The molecule has 0 aliphatic heterocycles. The van der Waals surface area contributed by atoms with Crippen molar-refractivity contribution in [3.8, 4) is 5.88 Å². The maximum atomic E-state index is 5.56. The number of anilines is 2. The Bertz CT molecular complexity index is 622. The average Bonchev–Trinajstić information content (AvgIpc) is 2.96. The predicted octanol–water partition coefficient (Wildman–Crippen LogP) is 3.24. The molecule has 0 aromatic carbocycles. The van der Waals surface area contributed by atoms with Crippen molar-refractivity contribution in [1.82, 2.24) is 4.98 Å². The van der Waals surface area contributed by atoms with E-state index in [0.29, 0.717) is 5.88 Å². The Balaban J connectivity index is 1.96. The second kappa shape index (κ2) is 5.68. The van der Waals surface area contributed by atoms with Crippen LogP contribution in [0.25, 0.3) is 0 Å². The summed E-state index contributed by atoms with van der Waals surface area (Å²) in [6.45, 7) is 0. The molecular formula is C16H21N3O2. The largest absolute Gasteiger partial charge is 0.479 e. The molecule has 2 aromatic rings. The minimum Gasteiger partial charge on any atom is -0.479 e. The topological polar surface area (TPSA) is 50.5 Å². The lowest BCUT2D eigenvalue weighted by Gasteiger charge is -2.27. The Morgan fingerprint density at radius 2 is 2.24 bits per heavy atom. The Morgan fingerprint density at radius 3 is 3.00 bits per heavy atom. The van der Waals surface area contributed by atoms with Gasteiger partial charge in [-0.2, -0.15) is 0 Å². The van der Waals surface area contributed by atoms with E-state index in [0.717, 1.165) is 36.4 Å². The van der Waals surface area contributed by atoms with E-state index in [2.05, 4.69) is 21.3 Å². The van der Waals surface area contributed by atoms with Crippen LogP contribution in [0.3, 0.4) is 0 Å². The molecule has 21 heavy (non-hydrogen) atoms. The Morgan fingerprint density at radius 1 is 1.38 bits per heavy atom. The zero-order valence-electron chi connectivity index (χ0n) is 12.7. The van der Waals surface area contributed by atoms with E-state index in [1.54, 1.807) is 19.6 Å². The van der Waals surface area contributed by atoms with Gasteiger partial charge in [-0.25, -0.2) is 4.98 Å².